The number of aliphatic hydroxyl groups is 1. The maximum Gasteiger partial charge on any atom is 0.131 e. The molecule has 2 N–H and O–H groups in total. The van der Waals surface area contributed by atoms with Gasteiger partial charge >= 0.3 is 0 Å². The van der Waals surface area contributed by atoms with Crippen LogP contribution in [0.15, 0.2) is 41.0 Å². The number of halogens is 2. The molecule has 0 aliphatic carbocycles. The lowest BCUT2D eigenvalue weighted by Gasteiger charge is -2.17. The first kappa shape index (κ1) is 14.7. The molecule has 0 saturated carbocycles. The minimum atomic E-state index is -1.23. The second-order valence-electron chi connectivity index (χ2n) is 4.74. The fraction of sp³-hybridized carbons (Fsp3) is 0.333. The summed E-state index contributed by atoms with van der Waals surface area (Å²) in [5.41, 5.74) is -0.301. The zero-order valence-electron chi connectivity index (χ0n) is 11.1. The van der Waals surface area contributed by atoms with Crippen LogP contribution in [0, 0.1) is 11.6 Å². The summed E-state index contributed by atoms with van der Waals surface area (Å²) in [6.45, 7) is 1.98. The normalized spacial score (nSPS) is 14.2. The molecule has 1 heterocycles. The summed E-state index contributed by atoms with van der Waals surface area (Å²) in [7, 11) is 0. The van der Waals surface area contributed by atoms with E-state index < -0.39 is 17.7 Å². The van der Waals surface area contributed by atoms with Gasteiger partial charge in [-0.3, -0.25) is 0 Å². The van der Waals surface area contributed by atoms with Crippen molar-refractivity contribution in [2.75, 3.05) is 6.54 Å². The number of hydrogen-bond acceptors (Lipinski definition) is 3. The van der Waals surface area contributed by atoms with E-state index in [0.717, 1.165) is 17.9 Å². The topological polar surface area (TPSA) is 45.4 Å². The number of aliphatic hydroxyl groups excluding tert-OH is 1. The predicted octanol–water partition coefficient (Wildman–Crippen LogP) is 2.81. The standard InChI is InChI=1S/C15H17F2NO2/c1-10(8-11-4-3-7-20-11)18-9-14(19)15-12(16)5-2-6-13(15)17/h2-7,10,14,18-19H,8-9H2,1H3. The summed E-state index contributed by atoms with van der Waals surface area (Å²) in [5.74, 6) is -0.660. The molecule has 3 nitrogen and oxygen atoms in total. The van der Waals surface area contributed by atoms with Crippen LogP contribution in [0.2, 0.25) is 0 Å². The average molecular weight is 281 g/mol. The van der Waals surface area contributed by atoms with Crippen molar-refractivity contribution in [2.45, 2.75) is 25.5 Å². The summed E-state index contributed by atoms with van der Waals surface area (Å²) >= 11 is 0. The molecule has 5 heteroatoms. The lowest BCUT2D eigenvalue weighted by atomic mass is 10.1. The van der Waals surface area contributed by atoms with Gasteiger partial charge in [-0.05, 0) is 31.2 Å². The van der Waals surface area contributed by atoms with Gasteiger partial charge in [0, 0.05) is 19.0 Å². The number of hydrogen-bond donors (Lipinski definition) is 2. The summed E-state index contributed by atoms with van der Waals surface area (Å²) in [4.78, 5) is 0. The lowest BCUT2D eigenvalue weighted by molar-refractivity contribution is 0.160. The Morgan fingerprint density at radius 2 is 1.90 bits per heavy atom. The smallest absolute Gasteiger partial charge is 0.131 e. The zero-order valence-corrected chi connectivity index (χ0v) is 11.1. The molecule has 20 heavy (non-hydrogen) atoms. The van der Waals surface area contributed by atoms with Crippen molar-refractivity contribution in [3.05, 3.63) is 59.6 Å². The molecule has 0 bridgehead atoms. The minimum Gasteiger partial charge on any atom is -0.469 e. The highest BCUT2D eigenvalue weighted by Crippen LogP contribution is 2.20. The first-order chi connectivity index (χ1) is 9.58. The van der Waals surface area contributed by atoms with Gasteiger partial charge in [0.2, 0.25) is 0 Å². The third-order valence-corrected chi connectivity index (χ3v) is 3.08. The van der Waals surface area contributed by atoms with Gasteiger partial charge in [-0.2, -0.15) is 0 Å². The van der Waals surface area contributed by atoms with Crippen molar-refractivity contribution in [1.29, 1.82) is 0 Å². The van der Waals surface area contributed by atoms with Crippen LogP contribution in [0.5, 0.6) is 0 Å². The average Bonchev–Trinajstić information content (AvgIpc) is 2.89. The highest BCUT2D eigenvalue weighted by Gasteiger charge is 2.18. The molecule has 0 aliphatic rings. The Morgan fingerprint density at radius 3 is 2.50 bits per heavy atom. The highest BCUT2D eigenvalue weighted by molar-refractivity contribution is 5.22. The van der Waals surface area contributed by atoms with Crippen molar-refractivity contribution < 1.29 is 18.3 Å². The maximum absolute atomic E-state index is 13.5. The van der Waals surface area contributed by atoms with Crippen LogP contribution < -0.4 is 5.32 Å². The number of nitrogens with one attached hydrogen (secondary N) is 1. The molecule has 2 unspecified atom stereocenters. The van der Waals surface area contributed by atoms with E-state index >= 15 is 0 Å². The predicted molar refractivity (Wildman–Crippen MR) is 71.2 cm³/mol. The fourth-order valence-electron chi connectivity index (χ4n) is 2.05. The van der Waals surface area contributed by atoms with Gasteiger partial charge in [0.05, 0.1) is 17.9 Å². The first-order valence-electron chi connectivity index (χ1n) is 6.45. The van der Waals surface area contributed by atoms with Gasteiger partial charge in [0.1, 0.15) is 17.4 Å². The van der Waals surface area contributed by atoms with E-state index in [9.17, 15) is 13.9 Å². The second-order valence-corrected chi connectivity index (χ2v) is 4.74. The highest BCUT2D eigenvalue weighted by atomic mass is 19.1. The van der Waals surface area contributed by atoms with Gasteiger partial charge in [-0.15, -0.1) is 0 Å². The van der Waals surface area contributed by atoms with E-state index in [4.69, 9.17) is 4.42 Å². The molecular weight excluding hydrogens is 264 g/mol. The van der Waals surface area contributed by atoms with E-state index in [1.54, 1.807) is 12.3 Å². The molecule has 2 atom stereocenters. The Labute approximate surface area is 116 Å². The Bertz CT molecular complexity index is 523. The van der Waals surface area contributed by atoms with Crippen molar-refractivity contribution in [2.24, 2.45) is 0 Å². The molecule has 0 amide bonds. The molecule has 0 radical (unpaired) electrons. The number of rotatable bonds is 6. The van der Waals surface area contributed by atoms with E-state index in [0.29, 0.717) is 6.42 Å². The Balaban J connectivity index is 1.90. The van der Waals surface area contributed by atoms with Gasteiger partial charge in [0.15, 0.2) is 0 Å². The van der Waals surface area contributed by atoms with Gasteiger partial charge in [0.25, 0.3) is 0 Å². The number of benzene rings is 1. The Kier molecular flexibility index (Phi) is 4.87. The molecule has 0 fully saturated rings. The van der Waals surface area contributed by atoms with Crippen LogP contribution in [-0.2, 0) is 6.42 Å². The molecule has 0 saturated heterocycles. The Hall–Kier alpha value is -1.72. The summed E-state index contributed by atoms with van der Waals surface area (Å²) in [5, 5.41) is 12.9. The van der Waals surface area contributed by atoms with E-state index in [2.05, 4.69) is 5.32 Å². The van der Waals surface area contributed by atoms with Gasteiger partial charge < -0.3 is 14.8 Å². The van der Waals surface area contributed by atoms with Crippen LogP contribution in [0.4, 0.5) is 8.78 Å². The summed E-state index contributed by atoms with van der Waals surface area (Å²) < 4.78 is 32.2. The van der Waals surface area contributed by atoms with Crippen molar-refractivity contribution in [3.63, 3.8) is 0 Å². The summed E-state index contributed by atoms with van der Waals surface area (Å²) in [6.07, 6.45) is 1.00. The SMILES string of the molecule is CC(Cc1ccco1)NCC(O)c1c(F)cccc1F. The zero-order chi connectivity index (χ0) is 14.5. The van der Waals surface area contributed by atoms with Crippen LogP contribution in [-0.4, -0.2) is 17.7 Å². The van der Waals surface area contributed by atoms with E-state index in [-0.39, 0.29) is 18.2 Å². The third-order valence-electron chi connectivity index (χ3n) is 3.08. The Morgan fingerprint density at radius 1 is 1.20 bits per heavy atom. The molecule has 0 spiro atoms. The monoisotopic (exact) mass is 281 g/mol. The first-order valence-corrected chi connectivity index (χ1v) is 6.45. The van der Waals surface area contributed by atoms with Gasteiger partial charge in [-0.25, -0.2) is 8.78 Å². The minimum absolute atomic E-state index is 0.0191. The second kappa shape index (κ2) is 6.63. The van der Waals surface area contributed by atoms with Crippen LogP contribution in [0.1, 0.15) is 24.4 Å². The van der Waals surface area contributed by atoms with E-state index in [1.165, 1.54) is 6.07 Å². The molecule has 2 aromatic rings. The number of furan rings is 1. The van der Waals surface area contributed by atoms with Crippen molar-refractivity contribution >= 4 is 0 Å². The summed E-state index contributed by atoms with van der Waals surface area (Å²) in [6, 6.07) is 7.21. The van der Waals surface area contributed by atoms with E-state index in [1.807, 2.05) is 13.0 Å². The van der Waals surface area contributed by atoms with Crippen LogP contribution >= 0.6 is 0 Å². The maximum atomic E-state index is 13.5. The third kappa shape index (κ3) is 3.65. The van der Waals surface area contributed by atoms with Crippen LogP contribution in [0.25, 0.3) is 0 Å². The molecule has 0 aliphatic heterocycles. The van der Waals surface area contributed by atoms with Crippen molar-refractivity contribution in [1.82, 2.24) is 5.32 Å². The largest absolute Gasteiger partial charge is 0.469 e. The quantitative estimate of drug-likeness (QED) is 0.856. The van der Waals surface area contributed by atoms with Gasteiger partial charge in [-0.1, -0.05) is 6.07 Å². The molecule has 1 aromatic carbocycles. The molecule has 1 aromatic heterocycles. The van der Waals surface area contributed by atoms with Crippen molar-refractivity contribution in [3.8, 4) is 0 Å². The fourth-order valence-corrected chi connectivity index (χ4v) is 2.05. The lowest BCUT2D eigenvalue weighted by Crippen LogP contribution is -2.32. The molecular formula is C15H17F2NO2. The van der Waals surface area contributed by atoms with Crippen LogP contribution in [0.3, 0.4) is 0 Å². The molecule has 108 valence electrons. The molecule has 2 rings (SSSR count).